The number of likely N-dealkylation sites (tertiary alicyclic amines) is 1. The van der Waals surface area contributed by atoms with Gasteiger partial charge >= 0.3 is 12.1 Å². The van der Waals surface area contributed by atoms with Crippen LogP contribution in [0.5, 0.6) is 5.75 Å². The summed E-state index contributed by atoms with van der Waals surface area (Å²) in [6.07, 6.45) is 3.78. The fourth-order valence-electron chi connectivity index (χ4n) is 5.38. The van der Waals surface area contributed by atoms with Crippen LogP contribution in [0.1, 0.15) is 51.3 Å². The zero-order valence-electron chi connectivity index (χ0n) is 24.9. The number of aromatic nitrogens is 1. The number of pyridine rings is 1. The number of hydrogen-bond donors (Lipinski definition) is 0. The molecule has 4 rings (SSSR count). The lowest BCUT2D eigenvalue weighted by Crippen LogP contribution is -2.41. The van der Waals surface area contributed by atoms with E-state index in [1.165, 1.54) is 12.0 Å². The van der Waals surface area contributed by atoms with E-state index in [9.17, 15) is 14.4 Å². The maximum Gasteiger partial charge on any atom is 0.416 e. The molecule has 1 saturated heterocycles. The van der Waals surface area contributed by atoms with Crippen molar-refractivity contribution in [2.75, 3.05) is 56.7 Å². The molecule has 10 heteroatoms. The Morgan fingerprint density at radius 3 is 2.59 bits per heavy atom. The number of benzene rings is 1. The summed E-state index contributed by atoms with van der Waals surface area (Å²) in [5.74, 6) is 0.413. The van der Waals surface area contributed by atoms with Crippen LogP contribution in [0, 0.1) is 5.92 Å². The molecule has 0 unspecified atom stereocenters. The second-order valence-corrected chi connectivity index (χ2v) is 11.6. The van der Waals surface area contributed by atoms with Gasteiger partial charge in [0.1, 0.15) is 23.7 Å². The van der Waals surface area contributed by atoms with Crippen LogP contribution in [-0.2, 0) is 31.9 Å². The molecule has 2 aliphatic rings. The first-order valence-electron chi connectivity index (χ1n) is 14.3. The number of amides is 2. The first-order valence-corrected chi connectivity index (χ1v) is 14.3. The van der Waals surface area contributed by atoms with Crippen molar-refractivity contribution in [3.8, 4) is 5.75 Å². The van der Waals surface area contributed by atoms with Crippen molar-refractivity contribution < 1.29 is 28.6 Å². The Hall–Kier alpha value is -3.66. The summed E-state index contributed by atoms with van der Waals surface area (Å²) in [6, 6.07) is 11.3. The topological polar surface area (TPSA) is 102 Å². The van der Waals surface area contributed by atoms with E-state index in [0.717, 1.165) is 50.0 Å². The number of anilines is 2. The van der Waals surface area contributed by atoms with Crippen LogP contribution in [0.3, 0.4) is 0 Å². The summed E-state index contributed by atoms with van der Waals surface area (Å²) in [5.41, 5.74) is 2.00. The molecule has 2 aliphatic heterocycles. The van der Waals surface area contributed by atoms with Crippen molar-refractivity contribution in [2.24, 2.45) is 5.92 Å². The van der Waals surface area contributed by atoms with E-state index in [4.69, 9.17) is 19.2 Å². The summed E-state index contributed by atoms with van der Waals surface area (Å²) in [5, 5.41) is 0. The molecule has 2 amide bonds. The molecular weight excluding hydrogens is 524 g/mol. The van der Waals surface area contributed by atoms with Gasteiger partial charge < -0.3 is 19.1 Å². The highest BCUT2D eigenvalue weighted by atomic mass is 16.6. The lowest BCUT2D eigenvalue weighted by Gasteiger charge is -2.31. The van der Waals surface area contributed by atoms with Gasteiger partial charge in [-0.05, 0) is 89.7 Å². The van der Waals surface area contributed by atoms with Crippen LogP contribution < -0.4 is 14.5 Å². The van der Waals surface area contributed by atoms with Gasteiger partial charge in [0.05, 0.1) is 25.8 Å². The van der Waals surface area contributed by atoms with Crippen LogP contribution in [0.25, 0.3) is 0 Å². The van der Waals surface area contributed by atoms with E-state index in [-0.39, 0.29) is 24.5 Å². The van der Waals surface area contributed by atoms with Gasteiger partial charge in [-0.25, -0.2) is 9.78 Å². The first-order chi connectivity index (χ1) is 19.6. The van der Waals surface area contributed by atoms with Gasteiger partial charge in [-0.2, -0.15) is 0 Å². The number of ether oxygens (including phenoxy) is 3. The summed E-state index contributed by atoms with van der Waals surface area (Å²) in [6.45, 7) is 8.28. The number of carbonyl (C=O) groups excluding carboxylic acids is 3. The number of para-hydroxylation sites is 2. The molecule has 41 heavy (non-hydrogen) atoms. The van der Waals surface area contributed by atoms with Gasteiger partial charge in [0, 0.05) is 18.8 Å². The number of nitrogens with zero attached hydrogens (tertiary/aromatic N) is 4. The van der Waals surface area contributed by atoms with E-state index in [2.05, 4.69) is 11.0 Å². The quantitative estimate of drug-likeness (QED) is 0.416. The molecule has 2 aromatic rings. The molecule has 0 saturated carbocycles. The minimum absolute atomic E-state index is 0.110. The van der Waals surface area contributed by atoms with E-state index < -0.39 is 11.6 Å². The molecule has 1 fully saturated rings. The van der Waals surface area contributed by atoms with Crippen molar-refractivity contribution in [3.63, 3.8) is 0 Å². The van der Waals surface area contributed by atoms with Gasteiger partial charge in [-0.15, -0.1) is 0 Å². The van der Waals surface area contributed by atoms with Crippen LogP contribution in [0.2, 0.25) is 0 Å². The van der Waals surface area contributed by atoms with Crippen LogP contribution >= 0.6 is 0 Å². The second-order valence-electron chi connectivity index (χ2n) is 11.6. The number of hydrogen-bond acceptors (Lipinski definition) is 8. The van der Waals surface area contributed by atoms with Crippen molar-refractivity contribution in [2.45, 2.75) is 58.5 Å². The van der Waals surface area contributed by atoms with Crippen LogP contribution in [0.15, 0.2) is 36.4 Å². The standard InChI is InChI=1S/C31H42N4O6/c1-31(2,3)41-30(38)34-18-8-10-22-14-15-24(32-28(22)34)11-9-17-33-19-16-23(20-33)29(37)35(21-27(36)40-5)25-12-6-7-13-26(25)39-4/h6-7,12-15,23H,8-11,16-21H2,1-5H3/t23-/m0/s1. The summed E-state index contributed by atoms with van der Waals surface area (Å²) in [7, 11) is 2.86. The molecule has 1 aromatic carbocycles. The minimum atomic E-state index is -0.565. The molecule has 1 atom stereocenters. The smallest absolute Gasteiger partial charge is 0.416 e. The maximum atomic E-state index is 13.6. The minimum Gasteiger partial charge on any atom is -0.495 e. The highest BCUT2D eigenvalue weighted by molar-refractivity contribution is 6.00. The highest BCUT2D eigenvalue weighted by Crippen LogP contribution is 2.31. The Kier molecular flexibility index (Phi) is 9.86. The average molecular weight is 567 g/mol. The van der Waals surface area contributed by atoms with Crippen molar-refractivity contribution in [1.29, 1.82) is 0 Å². The predicted octanol–water partition coefficient (Wildman–Crippen LogP) is 4.24. The fourth-order valence-corrected chi connectivity index (χ4v) is 5.38. The Morgan fingerprint density at radius 2 is 1.85 bits per heavy atom. The molecule has 0 radical (unpaired) electrons. The molecule has 0 aliphatic carbocycles. The van der Waals surface area contributed by atoms with Crippen LogP contribution in [0.4, 0.5) is 16.3 Å². The molecule has 0 spiro atoms. The molecule has 222 valence electrons. The predicted molar refractivity (Wildman–Crippen MR) is 156 cm³/mol. The largest absolute Gasteiger partial charge is 0.495 e. The SMILES string of the molecule is COC(=O)CN(C(=O)[C@H]1CCN(CCCc2ccc3c(n2)N(C(=O)OC(C)(C)C)CCC3)C1)c1ccccc1OC. The van der Waals surface area contributed by atoms with E-state index in [0.29, 0.717) is 36.8 Å². The number of rotatable bonds is 9. The average Bonchev–Trinajstić information content (AvgIpc) is 3.43. The normalized spacial score (nSPS) is 17.1. The fraction of sp³-hybridized carbons (Fsp3) is 0.548. The lowest BCUT2D eigenvalue weighted by molar-refractivity contribution is -0.140. The van der Waals surface area contributed by atoms with Gasteiger partial charge in [-0.1, -0.05) is 18.2 Å². The van der Waals surface area contributed by atoms with Gasteiger partial charge in [-0.3, -0.25) is 19.4 Å². The number of methoxy groups -OCH3 is 2. The van der Waals surface area contributed by atoms with Crippen LogP contribution in [-0.4, -0.2) is 80.4 Å². The van der Waals surface area contributed by atoms with Crippen molar-refractivity contribution in [1.82, 2.24) is 9.88 Å². The summed E-state index contributed by atoms with van der Waals surface area (Å²) < 4.78 is 15.9. The van der Waals surface area contributed by atoms with Crippen molar-refractivity contribution in [3.05, 3.63) is 47.7 Å². The van der Waals surface area contributed by atoms with E-state index in [1.54, 1.807) is 24.1 Å². The third kappa shape index (κ3) is 7.75. The molecule has 0 N–H and O–H groups in total. The van der Waals surface area contributed by atoms with Gasteiger partial charge in [0.25, 0.3) is 0 Å². The Labute approximate surface area is 242 Å². The number of aryl methyl sites for hydroxylation is 2. The van der Waals surface area contributed by atoms with E-state index >= 15 is 0 Å². The zero-order valence-corrected chi connectivity index (χ0v) is 24.9. The first kappa shape index (κ1) is 30.3. The van der Waals surface area contributed by atoms with Gasteiger partial charge in [0.2, 0.25) is 5.91 Å². The lowest BCUT2D eigenvalue weighted by atomic mass is 10.0. The molecule has 1 aromatic heterocycles. The highest BCUT2D eigenvalue weighted by Gasteiger charge is 2.34. The Balaban J connectivity index is 1.35. The molecular formula is C31H42N4O6. The Morgan fingerprint density at radius 1 is 1.07 bits per heavy atom. The third-order valence-corrected chi connectivity index (χ3v) is 7.40. The Bertz CT molecular complexity index is 1240. The summed E-state index contributed by atoms with van der Waals surface area (Å²) >= 11 is 0. The van der Waals surface area contributed by atoms with E-state index in [1.807, 2.05) is 39.0 Å². The second kappa shape index (κ2) is 13.3. The van der Waals surface area contributed by atoms with Crippen molar-refractivity contribution >= 4 is 29.5 Å². The third-order valence-electron chi connectivity index (χ3n) is 7.40. The summed E-state index contributed by atoms with van der Waals surface area (Å²) in [4.78, 5) is 48.8. The molecule has 0 bridgehead atoms. The maximum absolute atomic E-state index is 13.6. The number of esters is 1. The molecule has 3 heterocycles. The number of fused-ring (bicyclic) bond motifs is 1. The van der Waals surface area contributed by atoms with Gasteiger partial charge in [0.15, 0.2) is 0 Å². The zero-order chi connectivity index (χ0) is 29.6. The molecule has 10 nitrogen and oxygen atoms in total. The monoisotopic (exact) mass is 566 g/mol. The number of carbonyl (C=O) groups is 3.